The molecule has 1 unspecified atom stereocenters. The Hall–Kier alpha value is -2.12. The number of urea groups is 1. The van der Waals surface area contributed by atoms with E-state index in [2.05, 4.69) is 10.6 Å². The molecular formula is C13H18N2O5. The van der Waals surface area contributed by atoms with E-state index in [0.29, 0.717) is 12.3 Å². The zero-order valence-electron chi connectivity index (χ0n) is 11.3. The number of carboxylic acids is 1. The van der Waals surface area contributed by atoms with Crippen molar-refractivity contribution < 1.29 is 24.5 Å². The van der Waals surface area contributed by atoms with Crippen LogP contribution in [0, 0.1) is 0 Å². The fourth-order valence-electron chi connectivity index (χ4n) is 1.41. The molecule has 0 radical (unpaired) electrons. The molecule has 7 heteroatoms. The van der Waals surface area contributed by atoms with Crippen LogP contribution in [0.1, 0.15) is 12.5 Å². The second-order valence-electron chi connectivity index (χ2n) is 4.52. The summed E-state index contributed by atoms with van der Waals surface area (Å²) in [6, 6.07) is 6.44. The van der Waals surface area contributed by atoms with Gasteiger partial charge in [0.05, 0.1) is 13.2 Å². The Labute approximate surface area is 116 Å². The van der Waals surface area contributed by atoms with Gasteiger partial charge in [-0.2, -0.15) is 0 Å². The van der Waals surface area contributed by atoms with Crippen LogP contribution in [0.15, 0.2) is 24.3 Å². The molecule has 1 atom stereocenters. The summed E-state index contributed by atoms with van der Waals surface area (Å²) in [4.78, 5) is 22.3. The highest BCUT2D eigenvalue weighted by molar-refractivity contribution is 5.90. The number of carbonyl (C=O) groups is 2. The molecule has 7 nitrogen and oxygen atoms in total. The molecule has 0 saturated heterocycles. The van der Waals surface area contributed by atoms with Gasteiger partial charge in [-0.15, -0.1) is 0 Å². The number of hydrogen-bond acceptors (Lipinski definition) is 4. The number of rotatable bonds is 6. The fraction of sp³-hybridized carbons (Fsp3) is 0.385. The molecule has 0 spiro atoms. The standard InChI is InChI=1S/C13H18N2O5/c1-13(19,11(16)17)8-14-12(18)15-10-5-3-4-9(6-10)7-20-2/h3-6,19H,7-8H2,1-2H3,(H,16,17)(H2,14,15,18). The molecule has 0 aromatic heterocycles. The molecule has 1 rings (SSSR count). The number of aliphatic carboxylic acids is 1. The number of hydrogen-bond donors (Lipinski definition) is 4. The maximum atomic E-state index is 11.6. The molecule has 0 heterocycles. The van der Waals surface area contributed by atoms with E-state index in [4.69, 9.17) is 9.84 Å². The van der Waals surface area contributed by atoms with Crippen molar-refractivity contribution in [2.24, 2.45) is 0 Å². The van der Waals surface area contributed by atoms with Gasteiger partial charge in [0, 0.05) is 12.8 Å². The normalized spacial score (nSPS) is 13.3. The minimum absolute atomic E-state index is 0.397. The van der Waals surface area contributed by atoms with Gasteiger partial charge < -0.3 is 25.6 Å². The average molecular weight is 282 g/mol. The predicted octanol–water partition coefficient (Wildman–Crippen LogP) is 0.790. The zero-order valence-corrected chi connectivity index (χ0v) is 11.3. The van der Waals surface area contributed by atoms with Crippen molar-refractivity contribution in [1.29, 1.82) is 0 Å². The third-order valence-corrected chi connectivity index (χ3v) is 2.55. The van der Waals surface area contributed by atoms with E-state index in [0.717, 1.165) is 12.5 Å². The lowest BCUT2D eigenvalue weighted by atomic mass is 10.1. The average Bonchev–Trinajstić information content (AvgIpc) is 2.37. The maximum Gasteiger partial charge on any atom is 0.337 e. The van der Waals surface area contributed by atoms with Crippen LogP contribution in [0.3, 0.4) is 0 Å². The van der Waals surface area contributed by atoms with Crippen LogP contribution >= 0.6 is 0 Å². The van der Waals surface area contributed by atoms with E-state index in [1.54, 1.807) is 25.3 Å². The lowest BCUT2D eigenvalue weighted by Crippen LogP contribution is -2.47. The highest BCUT2D eigenvalue weighted by Gasteiger charge is 2.30. The van der Waals surface area contributed by atoms with Crippen molar-refractivity contribution >= 4 is 17.7 Å². The molecule has 0 fully saturated rings. The van der Waals surface area contributed by atoms with Gasteiger partial charge in [0.15, 0.2) is 5.60 Å². The Balaban J connectivity index is 2.54. The summed E-state index contributed by atoms with van der Waals surface area (Å²) in [5.41, 5.74) is -0.565. The van der Waals surface area contributed by atoms with Crippen LogP contribution in [0.5, 0.6) is 0 Å². The van der Waals surface area contributed by atoms with Gasteiger partial charge in [-0.3, -0.25) is 0 Å². The molecule has 0 aliphatic rings. The van der Waals surface area contributed by atoms with Crippen molar-refractivity contribution in [3.8, 4) is 0 Å². The van der Waals surface area contributed by atoms with Crippen molar-refractivity contribution in [3.63, 3.8) is 0 Å². The summed E-state index contributed by atoms with van der Waals surface area (Å²) in [5.74, 6) is -1.40. The highest BCUT2D eigenvalue weighted by Crippen LogP contribution is 2.11. The smallest absolute Gasteiger partial charge is 0.337 e. The Morgan fingerprint density at radius 3 is 2.70 bits per heavy atom. The van der Waals surface area contributed by atoms with Gasteiger partial charge in [0.1, 0.15) is 0 Å². The van der Waals surface area contributed by atoms with Gasteiger partial charge >= 0.3 is 12.0 Å². The topological polar surface area (TPSA) is 108 Å². The van der Waals surface area contributed by atoms with Crippen LogP contribution in [-0.4, -0.2) is 41.5 Å². The predicted molar refractivity (Wildman–Crippen MR) is 72.4 cm³/mol. The van der Waals surface area contributed by atoms with Crippen molar-refractivity contribution in [2.45, 2.75) is 19.1 Å². The van der Waals surface area contributed by atoms with Crippen LogP contribution in [0.25, 0.3) is 0 Å². The van der Waals surface area contributed by atoms with Crippen LogP contribution in [0.4, 0.5) is 10.5 Å². The van der Waals surface area contributed by atoms with E-state index < -0.39 is 24.1 Å². The fourth-order valence-corrected chi connectivity index (χ4v) is 1.41. The van der Waals surface area contributed by atoms with Gasteiger partial charge in [0.25, 0.3) is 0 Å². The van der Waals surface area contributed by atoms with Crippen LogP contribution < -0.4 is 10.6 Å². The molecule has 1 aromatic carbocycles. The first-order valence-corrected chi connectivity index (χ1v) is 5.93. The number of aliphatic hydroxyl groups is 1. The van der Waals surface area contributed by atoms with Gasteiger partial charge in [-0.25, -0.2) is 9.59 Å². The first-order valence-electron chi connectivity index (χ1n) is 5.93. The minimum atomic E-state index is -2.00. The number of nitrogens with one attached hydrogen (secondary N) is 2. The molecule has 0 saturated carbocycles. The highest BCUT2D eigenvalue weighted by atomic mass is 16.5. The third-order valence-electron chi connectivity index (χ3n) is 2.55. The number of carbonyl (C=O) groups excluding carboxylic acids is 1. The summed E-state index contributed by atoms with van der Waals surface area (Å²) in [6.07, 6.45) is 0. The van der Waals surface area contributed by atoms with Gasteiger partial charge in [0.2, 0.25) is 0 Å². The lowest BCUT2D eigenvalue weighted by molar-refractivity contribution is -0.155. The van der Waals surface area contributed by atoms with Crippen LogP contribution in [0.2, 0.25) is 0 Å². The number of methoxy groups -OCH3 is 1. The second kappa shape index (κ2) is 6.88. The summed E-state index contributed by atoms with van der Waals surface area (Å²) in [6.45, 7) is 1.13. The third kappa shape index (κ3) is 4.87. The second-order valence-corrected chi connectivity index (χ2v) is 4.52. The molecule has 20 heavy (non-hydrogen) atoms. The van der Waals surface area contributed by atoms with Crippen molar-refractivity contribution in [2.75, 3.05) is 19.0 Å². The summed E-state index contributed by atoms with van der Waals surface area (Å²) in [7, 11) is 1.57. The molecule has 2 amide bonds. The molecule has 1 aromatic rings. The molecule has 0 aliphatic carbocycles. The first-order chi connectivity index (χ1) is 9.35. The number of amides is 2. The lowest BCUT2D eigenvalue weighted by Gasteiger charge is -2.18. The van der Waals surface area contributed by atoms with E-state index >= 15 is 0 Å². The van der Waals surface area contributed by atoms with E-state index in [1.807, 2.05) is 6.07 Å². The largest absolute Gasteiger partial charge is 0.479 e. The Morgan fingerprint density at radius 2 is 2.10 bits per heavy atom. The number of anilines is 1. The molecule has 0 bridgehead atoms. The van der Waals surface area contributed by atoms with Gasteiger partial charge in [-0.1, -0.05) is 12.1 Å². The monoisotopic (exact) mass is 282 g/mol. The quantitative estimate of drug-likeness (QED) is 0.617. The first kappa shape index (κ1) is 15.9. The number of carboxylic acid groups (broad SMARTS) is 1. The zero-order chi connectivity index (χ0) is 15.2. The molecular weight excluding hydrogens is 264 g/mol. The Kier molecular flexibility index (Phi) is 5.48. The van der Waals surface area contributed by atoms with E-state index in [1.165, 1.54) is 0 Å². The SMILES string of the molecule is COCc1cccc(NC(=O)NCC(C)(O)C(=O)O)c1. The summed E-state index contributed by atoms with van der Waals surface area (Å²) in [5, 5.41) is 23.0. The maximum absolute atomic E-state index is 11.6. The van der Waals surface area contributed by atoms with Crippen molar-refractivity contribution in [3.05, 3.63) is 29.8 Å². The molecule has 110 valence electrons. The van der Waals surface area contributed by atoms with E-state index in [-0.39, 0.29) is 0 Å². The Bertz CT molecular complexity index is 487. The minimum Gasteiger partial charge on any atom is -0.479 e. The number of benzene rings is 1. The summed E-state index contributed by atoms with van der Waals surface area (Å²) < 4.78 is 4.98. The molecule has 0 aliphatic heterocycles. The van der Waals surface area contributed by atoms with E-state index in [9.17, 15) is 14.7 Å². The Morgan fingerprint density at radius 1 is 1.40 bits per heavy atom. The van der Waals surface area contributed by atoms with Crippen molar-refractivity contribution in [1.82, 2.24) is 5.32 Å². The van der Waals surface area contributed by atoms with Gasteiger partial charge in [-0.05, 0) is 24.6 Å². The van der Waals surface area contributed by atoms with Crippen LogP contribution in [-0.2, 0) is 16.1 Å². The summed E-state index contributed by atoms with van der Waals surface area (Å²) >= 11 is 0. The number of ether oxygens (including phenoxy) is 1. The molecule has 4 N–H and O–H groups in total.